The van der Waals surface area contributed by atoms with Crippen LogP contribution in [0.5, 0.6) is 0 Å². The highest BCUT2D eigenvalue weighted by Gasteiger charge is 2.07. The van der Waals surface area contributed by atoms with E-state index in [0.717, 1.165) is 28.0 Å². The Morgan fingerprint density at radius 2 is 2.23 bits per heavy atom. The lowest BCUT2D eigenvalue weighted by Crippen LogP contribution is -2.11. The number of nitrogens with zero attached hydrogens (tertiary/aromatic N) is 4. The predicted octanol–water partition coefficient (Wildman–Crippen LogP) is 2.45. The van der Waals surface area contributed by atoms with Gasteiger partial charge in [-0.05, 0) is 24.5 Å². The van der Waals surface area contributed by atoms with Crippen LogP contribution in [-0.4, -0.2) is 37.5 Å². The van der Waals surface area contributed by atoms with Crippen molar-refractivity contribution in [3.05, 3.63) is 36.8 Å². The van der Waals surface area contributed by atoms with Gasteiger partial charge in [0.15, 0.2) is 0 Å². The molecule has 1 N–H and O–H groups in total. The summed E-state index contributed by atoms with van der Waals surface area (Å²) >= 11 is 1.66. The Bertz CT molecular complexity index is 807. The Balaban J connectivity index is 1.82. The van der Waals surface area contributed by atoms with E-state index in [4.69, 9.17) is 0 Å². The average Bonchev–Trinajstić information content (AvgIpc) is 3.10. The third kappa shape index (κ3) is 3.14. The molecule has 2 heterocycles. The fraction of sp³-hybridized carbons (Fsp3) is 0.267. The van der Waals surface area contributed by atoms with Crippen molar-refractivity contribution in [2.45, 2.75) is 6.42 Å². The molecule has 1 aromatic carbocycles. The van der Waals surface area contributed by atoms with Gasteiger partial charge in [0.2, 0.25) is 5.91 Å². The minimum atomic E-state index is 0.0355. The van der Waals surface area contributed by atoms with Crippen molar-refractivity contribution in [1.82, 2.24) is 19.6 Å². The smallest absolute Gasteiger partial charge is 0.225 e. The van der Waals surface area contributed by atoms with Gasteiger partial charge >= 0.3 is 0 Å². The topological polar surface area (TPSA) is 64.7 Å². The fourth-order valence-corrected chi connectivity index (χ4v) is 2.57. The van der Waals surface area contributed by atoms with Gasteiger partial charge < -0.3 is 5.32 Å². The highest BCUT2D eigenvalue weighted by molar-refractivity contribution is 7.98. The van der Waals surface area contributed by atoms with E-state index in [1.54, 1.807) is 27.3 Å². The van der Waals surface area contributed by atoms with E-state index in [1.165, 1.54) is 0 Å². The van der Waals surface area contributed by atoms with E-state index in [0.29, 0.717) is 6.42 Å². The molecule has 6 nitrogen and oxygen atoms in total. The molecular weight excluding hydrogens is 298 g/mol. The van der Waals surface area contributed by atoms with Crippen molar-refractivity contribution in [2.75, 3.05) is 17.3 Å². The molecule has 114 valence electrons. The summed E-state index contributed by atoms with van der Waals surface area (Å²) in [6, 6.07) is 5.72. The molecule has 0 aliphatic heterocycles. The highest BCUT2D eigenvalue weighted by Crippen LogP contribution is 2.20. The van der Waals surface area contributed by atoms with Gasteiger partial charge in [0.05, 0.1) is 17.9 Å². The van der Waals surface area contributed by atoms with Crippen LogP contribution >= 0.6 is 11.8 Å². The molecule has 0 atom stereocenters. The maximum Gasteiger partial charge on any atom is 0.225 e. The molecule has 7 heteroatoms. The van der Waals surface area contributed by atoms with Gasteiger partial charge in [0, 0.05) is 36.5 Å². The van der Waals surface area contributed by atoms with Crippen LogP contribution in [-0.2, 0) is 11.8 Å². The monoisotopic (exact) mass is 315 g/mol. The Morgan fingerprint density at radius 1 is 1.36 bits per heavy atom. The first-order valence-corrected chi connectivity index (χ1v) is 8.32. The number of thioether (sulfide) groups is 1. The van der Waals surface area contributed by atoms with Crippen LogP contribution in [0, 0.1) is 0 Å². The molecular formula is C15H17N5OS. The Labute approximate surface area is 132 Å². The number of amides is 1. The third-order valence-electron chi connectivity index (χ3n) is 3.28. The first kappa shape index (κ1) is 14.6. The molecule has 3 rings (SSSR count). The summed E-state index contributed by atoms with van der Waals surface area (Å²) < 4.78 is 3.52. The van der Waals surface area contributed by atoms with E-state index in [2.05, 4.69) is 15.5 Å². The van der Waals surface area contributed by atoms with Crippen LogP contribution in [0.2, 0.25) is 0 Å². The number of fused-ring (bicyclic) bond motifs is 1. The van der Waals surface area contributed by atoms with Crippen LogP contribution in [0.1, 0.15) is 6.42 Å². The number of carbonyl (C=O) groups excluding carboxylic acids is 1. The first-order valence-electron chi connectivity index (χ1n) is 6.93. The summed E-state index contributed by atoms with van der Waals surface area (Å²) in [6.07, 6.45) is 8.11. The summed E-state index contributed by atoms with van der Waals surface area (Å²) in [6.45, 7) is 0. The van der Waals surface area contributed by atoms with Gasteiger partial charge in [-0.15, -0.1) is 0 Å². The number of nitrogens with one attached hydrogen (secondary N) is 1. The first-order chi connectivity index (χ1) is 10.7. The third-order valence-corrected chi connectivity index (χ3v) is 3.89. The number of benzene rings is 1. The average molecular weight is 315 g/mol. The van der Waals surface area contributed by atoms with E-state index >= 15 is 0 Å². The molecule has 0 radical (unpaired) electrons. The Morgan fingerprint density at radius 3 is 2.95 bits per heavy atom. The molecule has 22 heavy (non-hydrogen) atoms. The number of aryl methyl sites for hydroxylation is 1. The van der Waals surface area contributed by atoms with Gasteiger partial charge in [-0.3, -0.25) is 9.48 Å². The van der Waals surface area contributed by atoms with Gasteiger partial charge in [-0.1, -0.05) is 0 Å². The number of rotatable bonds is 5. The van der Waals surface area contributed by atoms with E-state index < -0.39 is 0 Å². The lowest BCUT2D eigenvalue weighted by atomic mass is 10.2. The van der Waals surface area contributed by atoms with Crippen molar-refractivity contribution in [3.63, 3.8) is 0 Å². The summed E-state index contributed by atoms with van der Waals surface area (Å²) in [7, 11) is 1.87. The van der Waals surface area contributed by atoms with E-state index in [1.807, 2.05) is 43.9 Å². The molecule has 0 aliphatic carbocycles. The lowest BCUT2D eigenvalue weighted by Gasteiger charge is -2.04. The zero-order valence-corrected chi connectivity index (χ0v) is 13.3. The summed E-state index contributed by atoms with van der Waals surface area (Å²) in [5, 5.41) is 12.6. The standard InChI is InChI=1S/C15H17N5OS/c1-19-10-13(8-16-19)20-9-11-7-12(3-4-14(11)18-20)17-15(21)5-6-22-2/h3-4,7-10H,5-6H2,1-2H3,(H,17,21). The van der Waals surface area contributed by atoms with E-state index in [-0.39, 0.29) is 5.91 Å². The largest absolute Gasteiger partial charge is 0.326 e. The lowest BCUT2D eigenvalue weighted by molar-refractivity contribution is -0.115. The highest BCUT2D eigenvalue weighted by atomic mass is 32.2. The summed E-state index contributed by atoms with van der Waals surface area (Å²) in [5.74, 6) is 0.862. The molecule has 1 amide bonds. The molecule has 0 spiro atoms. The van der Waals surface area contributed by atoms with Crippen LogP contribution < -0.4 is 5.32 Å². The number of anilines is 1. The van der Waals surface area contributed by atoms with Gasteiger partial charge in [-0.2, -0.15) is 22.0 Å². The minimum absolute atomic E-state index is 0.0355. The normalized spacial score (nSPS) is 11.0. The molecule has 3 aromatic rings. The summed E-state index contributed by atoms with van der Waals surface area (Å²) in [5.41, 5.74) is 2.58. The Kier molecular flexibility index (Phi) is 4.15. The van der Waals surface area contributed by atoms with Crippen molar-refractivity contribution in [3.8, 4) is 5.69 Å². The van der Waals surface area contributed by atoms with Crippen LogP contribution in [0.3, 0.4) is 0 Å². The molecule has 0 saturated carbocycles. The molecule has 0 bridgehead atoms. The van der Waals surface area contributed by atoms with Crippen LogP contribution in [0.4, 0.5) is 5.69 Å². The predicted molar refractivity (Wildman–Crippen MR) is 89.5 cm³/mol. The zero-order chi connectivity index (χ0) is 15.5. The minimum Gasteiger partial charge on any atom is -0.326 e. The SMILES string of the molecule is CSCCC(=O)Nc1ccc2nn(-c3cnn(C)c3)cc2c1. The molecule has 0 fully saturated rings. The number of hydrogen-bond donors (Lipinski definition) is 1. The number of carbonyl (C=O) groups is 1. The second kappa shape index (κ2) is 6.23. The summed E-state index contributed by atoms with van der Waals surface area (Å²) in [4.78, 5) is 11.8. The molecule has 0 saturated heterocycles. The number of hydrogen-bond acceptors (Lipinski definition) is 4. The quantitative estimate of drug-likeness (QED) is 0.785. The second-order valence-electron chi connectivity index (χ2n) is 5.01. The van der Waals surface area contributed by atoms with Crippen LogP contribution in [0.25, 0.3) is 16.6 Å². The molecule has 0 aliphatic rings. The number of aromatic nitrogens is 4. The van der Waals surface area contributed by atoms with Crippen molar-refractivity contribution >= 4 is 34.3 Å². The fourth-order valence-electron chi connectivity index (χ4n) is 2.18. The van der Waals surface area contributed by atoms with Crippen molar-refractivity contribution in [2.24, 2.45) is 7.05 Å². The van der Waals surface area contributed by atoms with Crippen molar-refractivity contribution in [1.29, 1.82) is 0 Å². The van der Waals surface area contributed by atoms with Crippen molar-refractivity contribution < 1.29 is 4.79 Å². The molecule has 2 aromatic heterocycles. The van der Waals surface area contributed by atoms with Gasteiger partial charge in [0.25, 0.3) is 0 Å². The maximum atomic E-state index is 11.8. The second-order valence-corrected chi connectivity index (χ2v) is 6.00. The van der Waals surface area contributed by atoms with Gasteiger partial charge in [-0.25, -0.2) is 4.68 Å². The Hall–Kier alpha value is -2.28. The zero-order valence-electron chi connectivity index (χ0n) is 12.5. The maximum absolute atomic E-state index is 11.8. The van der Waals surface area contributed by atoms with Gasteiger partial charge in [0.1, 0.15) is 5.69 Å². The van der Waals surface area contributed by atoms with E-state index in [9.17, 15) is 4.79 Å². The van der Waals surface area contributed by atoms with Crippen LogP contribution in [0.15, 0.2) is 36.8 Å². The molecule has 0 unspecified atom stereocenters.